The zero-order chi connectivity index (χ0) is 20.1. The van der Waals surface area contributed by atoms with Gasteiger partial charge in [-0.2, -0.15) is 5.10 Å². The second-order valence-corrected chi connectivity index (χ2v) is 8.16. The maximum absolute atomic E-state index is 12.3. The molecule has 0 radical (unpaired) electrons. The molecule has 12 heteroatoms. The molecule has 9 nitrogen and oxygen atoms in total. The number of aromatic nitrogens is 3. The monoisotopic (exact) mass is 481 g/mol. The number of halogens is 2. The Labute approximate surface area is 195 Å². The van der Waals surface area contributed by atoms with Gasteiger partial charge in [0, 0.05) is 37.5 Å². The van der Waals surface area contributed by atoms with E-state index in [-0.39, 0.29) is 36.6 Å². The molecule has 31 heavy (non-hydrogen) atoms. The fourth-order valence-electron chi connectivity index (χ4n) is 3.75. The Hall–Kier alpha value is -2.82. The number of nitrogens with two attached hydrogens (primary N) is 1. The molecule has 0 atom stereocenters. The average Bonchev–Trinajstić information content (AvgIpc) is 3.40. The average molecular weight is 482 g/mol. The number of nitrogens with one attached hydrogen (secondary N) is 1. The minimum Gasteiger partial charge on any atom is -0.375 e. The van der Waals surface area contributed by atoms with E-state index in [1.54, 1.807) is 4.90 Å². The summed E-state index contributed by atoms with van der Waals surface area (Å²) in [4.78, 5) is 32.9. The van der Waals surface area contributed by atoms with E-state index in [9.17, 15) is 9.59 Å². The third-order valence-corrected chi connectivity index (χ3v) is 6.08. The lowest BCUT2D eigenvalue weighted by molar-refractivity contribution is 0.0780. The van der Waals surface area contributed by atoms with Crippen molar-refractivity contribution in [3.8, 4) is 0 Å². The fraction of sp³-hybridized carbons (Fsp3) is 0.263. The van der Waals surface area contributed by atoms with Crippen LogP contribution in [0.5, 0.6) is 0 Å². The van der Waals surface area contributed by atoms with Gasteiger partial charge in [-0.25, -0.2) is 9.67 Å². The highest BCUT2D eigenvalue weighted by Gasteiger charge is 2.27. The van der Waals surface area contributed by atoms with Gasteiger partial charge >= 0.3 is 0 Å². The molecule has 1 aromatic carbocycles. The van der Waals surface area contributed by atoms with Crippen LogP contribution < -0.4 is 16.0 Å². The first-order valence-corrected chi connectivity index (χ1v) is 10.1. The minimum absolute atomic E-state index is 0. The van der Waals surface area contributed by atoms with Gasteiger partial charge in [-0.15, -0.1) is 24.8 Å². The van der Waals surface area contributed by atoms with Crippen LogP contribution in [0.25, 0.3) is 0 Å². The van der Waals surface area contributed by atoms with Crippen LogP contribution in [0.2, 0.25) is 0 Å². The summed E-state index contributed by atoms with van der Waals surface area (Å²) in [5.74, 6) is 1.18. The van der Waals surface area contributed by atoms with E-state index in [0.717, 1.165) is 60.0 Å². The molecule has 2 aliphatic rings. The van der Waals surface area contributed by atoms with Gasteiger partial charge in [0.05, 0.1) is 12.7 Å². The molecule has 164 valence electrons. The van der Waals surface area contributed by atoms with Crippen LogP contribution in [0.1, 0.15) is 25.6 Å². The molecule has 0 unspecified atom stereocenters. The molecule has 0 fully saturated rings. The standard InChI is InChI=1S/C19H19N7O2S.2ClH/c1-24-5-4-11-8-12(2-3-13(11)18(24)28)25-6-7-26-16(25)9-15(23-26)22-17(27)14-10-21-19(20)29-14;;/h2-3,8-10H,4-7H2,1H3,(H2,20,21)(H,22,23,27);2*1H. The second-order valence-electron chi connectivity index (χ2n) is 7.10. The molecule has 3 aromatic rings. The third kappa shape index (κ3) is 4.06. The fourth-order valence-corrected chi connectivity index (χ4v) is 4.33. The number of nitrogens with zero attached hydrogens (tertiary/aromatic N) is 5. The Balaban J connectivity index is 0.00000136. The molecule has 2 aliphatic heterocycles. The zero-order valence-corrected chi connectivity index (χ0v) is 19.0. The van der Waals surface area contributed by atoms with Crippen LogP contribution >= 0.6 is 36.2 Å². The molecule has 0 aliphatic carbocycles. The number of hydrogen-bond acceptors (Lipinski definition) is 7. The van der Waals surface area contributed by atoms with Gasteiger partial charge in [-0.05, 0) is 30.2 Å². The lowest BCUT2D eigenvalue weighted by atomic mass is 9.98. The van der Waals surface area contributed by atoms with Gasteiger partial charge in [-0.1, -0.05) is 11.3 Å². The summed E-state index contributed by atoms with van der Waals surface area (Å²) in [6.45, 7) is 2.23. The van der Waals surface area contributed by atoms with E-state index < -0.39 is 0 Å². The number of benzene rings is 1. The van der Waals surface area contributed by atoms with Crippen LogP contribution in [0.15, 0.2) is 30.5 Å². The molecule has 5 rings (SSSR count). The number of likely N-dealkylation sites (N-methyl/N-ethyl adjacent to an activating group) is 1. The highest BCUT2D eigenvalue weighted by atomic mass is 35.5. The molecule has 0 saturated heterocycles. The van der Waals surface area contributed by atoms with Crippen molar-refractivity contribution in [3.63, 3.8) is 0 Å². The van der Waals surface area contributed by atoms with Crippen LogP contribution in [0.4, 0.5) is 22.5 Å². The Bertz CT molecular complexity index is 1150. The lowest BCUT2D eigenvalue weighted by Crippen LogP contribution is -2.34. The van der Waals surface area contributed by atoms with Crippen molar-refractivity contribution in [1.82, 2.24) is 19.7 Å². The first-order valence-electron chi connectivity index (χ1n) is 9.26. The van der Waals surface area contributed by atoms with E-state index in [0.29, 0.717) is 15.8 Å². The maximum atomic E-state index is 12.3. The Morgan fingerprint density at radius 3 is 2.74 bits per heavy atom. The highest BCUT2D eigenvalue weighted by Crippen LogP contribution is 2.34. The minimum atomic E-state index is -0.279. The lowest BCUT2D eigenvalue weighted by Gasteiger charge is -2.26. The zero-order valence-electron chi connectivity index (χ0n) is 16.6. The Morgan fingerprint density at radius 2 is 2.00 bits per heavy atom. The van der Waals surface area contributed by atoms with Crippen molar-refractivity contribution in [2.45, 2.75) is 13.0 Å². The number of amides is 2. The topological polar surface area (TPSA) is 109 Å². The van der Waals surface area contributed by atoms with Crippen LogP contribution in [-0.4, -0.2) is 51.6 Å². The molecule has 2 aromatic heterocycles. The van der Waals surface area contributed by atoms with E-state index in [1.165, 1.54) is 6.20 Å². The van der Waals surface area contributed by atoms with Gasteiger partial charge in [0.15, 0.2) is 10.9 Å². The van der Waals surface area contributed by atoms with Gasteiger partial charge in [0.2, 0.25) is 0 Å². The van der Waals surface area contributed by atoms with Gasteiger partial charge in [0.1, 0.15) is 10.7 Å². The summed E-state index contributed by atoms with van der Waals surface area (Å²) in [5, 5.41) is 7.64. The predicted octanol–water partition coefficient (Wildman–Crippen LogP) is 2.80. The predicted molar refractivity (Wildman–Crippen MR) is 125 cm³/mol. The quantitative estimate of drug-likeness (QED) is 0.594. The van der Waals surface area contributed by atoms with Crippen molar-refractivity contribution < 1.29 is 9.59 Å². The van der Waals surface area contributed by atoms with Gasteiger partial charge < -0.3 is 20.9 Å². The highest BCUT2D eigenvalue weighted by molar-refractivity contribution is 7.17. The molecule has 2 amide bonds. The van der Waals surface area contributed by atoms with Crippen molar-refractivity contribution in [2.75, 3.05) is 36.1 Å². The first-order chi connectivity index (χ1) is 14.0. The van der Waals surface area contributed by atoms with E-state index in [2.05, 4.69) is 26.4 Å². The summed E-state index contributed by atoms with van der Waals surface area (Å²) in [5.41, 5.74) is 8.45. The smallest absolute Gasteiger partial charge is 0.268 e. The van der Waals surface area contributed by atoms with E-state index in [4.69, 9.17) is 5.73 Å². The largest absolute Gasteiger partial charge is 0.375 e. The SMILES string of the molecule is CN1CCc2cc(N3CCn4nc(NC(=O)c5cnc(N)s5)cc43)ccc2C1=O.Cl.Cl. The van der Waals surface area contributed by atoms with E-state index >= 15 is 0 Å². The number of rotatable bonds is 3. The number of nitrogen functional groups attached to an aromatic ring is 1. The number of carbonyl (C=O) groups excluding carboxylic acids is 2. The van der Waals surface area contributed by atoms with Crippen LogP contribution in [0, 0.1) is 0 Å². The van der Waals surface area contributed by atoms with Crippen molar-refractivity contribution >= 4 is 70.4 Å². The number of hydrogen-bond donors (Lipinski definition) is 2. The molecular weight excluding hydrogens is 461 g/mol. The molecule has 0 spiro atoms. The molecule has 0 saturated carbocycles. The van der Waals surface area contributed by atoms with Crippen molar-refractivity contribution in [2.24, 2.45) is 0 Å². The van der Waals surface area contributed by atoms with Gasteiger partial charge in [0.25, 0.3) is 11.8 Å². The third-order valence-electron chi connectivity index (χ3n) is 5.25. The maximum Gasteiger partial charge on any atom is 0.268 e. The number of carbonyl (C=O) groups is 2. The number of anilines is 4. The number of fused-ring (bicyclic) bond motifs is 2. The summed E-state index contributed by atoms with van der Waals surface area (Å²) >= 11 is 1.14. The molecule has 4 heterocycles. The molecular formula is C19H21Cl2N7O2S. The first kappa shape index (κ1) is 22.9. The Kier molecular flexibility index (Phi) is 6.44. The summed E-state index contributed by atoms with van der Waals surface area (Å²) in [7, 11) is 1.83. The summed E-state index contributed by atoms with van der Waals surface area (Å²) < 4.78 is 1.87. The Morgan fingerprint density at radius 1 is 1.19 bits per heavy atom. The van der Waals surface area contributed by atoms with Crippen LogP contribution in [-0.2, 0) is 13.0 Å². The van der Waals surface area contributed by atoms with E-state index in [1.807, 2.05) is 29.9 Å². The molecule has 0 bridgehead atoms. The van der Waals surface area contributed by atoms with Crippen molar-refractivity contribution in [1.29, 1.82) is 0 Å². The van der Waals surface area contributed by atoms with Crippen LogP contribution in [0.3, 0.4) is 0 Å². The summed E-state index contributed by atoms with van der Waals surface area (Å²) in [6.07, 6.45) is 2.30. The van der Waals surface area contributed by atoms with Crippen molar-refractivity contribution in [3.05, 3.63) is 46.5 Å². The second kappa shape index (κ2) is 8.74. The summed E-state index contributed by atoms with van der Waals surface area (Å²) in [6, 6.07) is 7.81. The number of thiazole rings is 1. The molecule has 3 N–H and O–H groups in total. The normalized spacial score (nSPS) is 14.4. The van der Waals surface area contributed by atoms with Gasteiger partial charge in [-0.3, -0.25) is 9.59 Å².